The van der Waals surface area contributed by atoms with Crippen LogP contribution in [0.4, 0.5) is 0 Å². The first-order chi connectivity index (χ1) is 10.1. The Hall–Kier alpha value is -0.890. The van der Waals surface area contributed by atoms with Crippen LogP contribution in [0.1, 0.15) is 31.4 Å². The highest BCUT2D eigenvalue weighted by atomic mass is 127. The first-order valence-electron chi connectivity index (χ1n) is 7.13. The molecule has 3 heterocycles. The minimum atomic E-state index is 0.104. The number of pyridine rings is 1. The molecular formula is C15H22IN3O2. The Morgan fingerprint density at radius 1 is 1.43 bits per heavy atom. The molecule has 0 saturated carbocycles. The summed E-state index contributed by atoms with van der Waals surface area (Å²) in [6.45, 7) is 5.97. The number of nitrogens with one attached hydrogen (secondary N) is 1. The second-order valence-corrected chi connectivity index (χ2v) is 5.45. The van der Waals surface area contributed by atoms with Crippen LogP contribution in [-0.2, 0) is 17.9 Å². The quantitative estimate of drug-likeness (QED) is 0.607. The Bertz CT molecular complexity index is 510. The van der Waals surface area contributed by atoms with E-state index in [1.54, 1.807) is 6.92 Å². The summed E-state index contributed by atoms with van der Waals surface area (Å²) in [6, 6.07) is 2.48. The van der Waals surface area contributed by atoms with Crippen molar-refractivity contribution in [3.63, 3.8) is 0 Å². The monoisotopic (exact) mass is 403 g/mol. The van der Waals surface area contributed by atoms with E-state index in [0.29, 0.717) is 25.0 Å². The first kappa shape index (κ1) is 16.5. The van der Waals surface area contributed by atoms with Gasteiger partial charge in [-0.15, -0.1) is 0 Å². The number of amides is 1. The van der Waals surface area contributed by atoms with Crippen LogP contribution in [0.5, 0.6) is 5.88 Å². The summed E-state index contributed by atoms with van der Waals surface area (Å²) < 4.78 is 5.89. The fourth-order valence-corrected chi connectivity index (χ4v) is 2.70. The van der Waals surface area contributed by atoms with Gasteiger partial charge in [-0.25, -0.2) is 4.98 Å². The number of alkyl halides is 1. The van der Waals surface area contributed by atoms with Crippen molar-refractivity contribution >= 4 is 28.5 Å². The molecule has 2 atom stereocenters. The van der Waals surface area contributed by atoms with Gasteiger partial charge in [0.15, 0.2) is 0 Å². The highest BCUT2D eigenvalue weighted by molar-refractivity contribution is 14.1. The Kier molecular flexibility index (Phi) is 5.80. The number of halogens is 1. The van der Waals surface area contributed by atoms with Crippen molar-refractivity contribution < 1.29 is 9.53 Å². The molecule has 0 aromatic carbocycles. The molecule has 1 aromatic heterocycles. The van der Waals surface area contributed by atoms with E-state index in [-0.39, 0.29) is 12.0 Å². The van der Waals surface area contributed by atoms with Crippen LogP contribution in [-0.4, -0.2) is 39.4 Å². The number of ether oxygens (including phenoxy) is 1. The number of carbonyl (C=O) groups excluding carboxylic acids is 1. The van der Waals surface area contributed by atoms with Crippen molar-refractivity contribution in [2.24, 2.45) is 0 Å². The summed E-state index contributed by atoms with van der Waals surface area (Å²) in [6.07, 6.45) is 3.04. The fraction of sp³-hybridized carbons (Fsp3) is 0.600. The van der Waals surface area contributed by atoms with Gasteiger partial charge < -0.3 is 15.0 Å². The molecule has 3 rings (SSSR count). The maximum absolute atomic E-state index is 11.4. The predicted molar refractivity (Wildman–Crippen MR) is 90.6 cm³/mol. The van der Waals surface area contributed by atoms with Gasteiger partial charge in [-0.05, 0) is 23.0 Å². The fourth-order valence-electron chi connectivity index (χ4n) is 2.70. The summed E-state index contributed by atoms with van der Waals surface area (Å²) in [5, 5.41) is 3.36. The first-order valence-corrected chi connectivity index (χ1v) is 9.28. The van der Waals surface area contributed by atoms with Gasteiger partial charge in [0, 0.05) is 51.3 Å². The largest absolute Gasteiger partial charge is 0.473 e. The van der Waals surface area contributed by atoms with Gasteiger partial charge >= 0.3 is 0 Å². The topological polar surface area (TPSA) is 54.5 Å². The molecule has 6 heteroatoms. The van der Waals surface area contributed by atoms with Crippen molar-refractivity contribution in [2.75, 3.05) is 11.5 Å². The predicted octanol–water partition coefficient (Wildman–Crippen LogP) is 2.12. The van der Waals surface area contributed by atoms with Crippen molar-refractivity contribution in [1.82, 2.24) is 15.2 Å². The third kappa shape index (κ3) is 4.06. The van der Waals surface area contributed by atoms with Crippen molar-refractivity contribution in [3.8, 4) is 5.88 Å². The number of nitrogens with zero attached hydrogens (tertiary/aromatic N) is 2. The smallest absolute Gasteiger partial charge is 0.220 e. The molecule has 1 aromatic rings. The van der Waals surface area contributed by atoms with Gasteiger partial charge in [-0.1, -0.05) is 22.6 Å². The molecule has 0 radical (unpaired) electrons. The highest BCUT2D eigenvalue weighted by Crippen LogP contribution is 2.26. The van der Waals surface area contributed by atoms with Crippen LogP contribution < -0.4 is 10.1 Å². The van der Waals surface area contributed by atoms with E-state index in [0.717, 1.165) is 24.1 Å². The molecule has 21 heavy (non-hydrogen) atoms. The summed E-state index contributed by atoms with van der Waals surface area (Å²) in [7, 11) is 0. The van der Waals surface area contributed by atoms with Crippen LogP contribution in [0.3, 0.4) is 0 Å². The molecule has 0 unspecified atom stereocenters. The van der Waals surface area contributed by atoms with Crippen molar-refractivity contribution in [2.45, 2.75) is 45.5 Å². The van der Waals surface area contributed by atoms with Gasteiger partial charge in [0.1, 0.15) is 6.10 Å². The molecule has 1 fully saturated rings. The number of aromatic nitrogens is 1. The van der Waals surface area contributed by atoms with Crippen LogP contribution in [0.15, 0.2) is 12.3 Å². The third-order valence-electron chi connectivity index (χ3n) is 3.82. The minimum Gasteiger partial charge on any atom is -0.473 e. The average Bonchev–Trinajstić information content (AvgIpc) is 3.07. The van der Waals surface area contributed by atoms with Gasteiger partial charge in [0.25, 0.3) is 0 Å². The molecule has 2 aliphatic heterocycles. The maximum atomic E-state index is 11.4. The number of hydrogen-bond acceptors (Lipinski definition) is 4. The van der Waals surface area contributed by atoms with Gasteiger partial charge in [0.05, 0.1) is 0 Å². The van der Waals surface area contributed by atoms with Crippen molar-refractivity contribution in [3.05, 3.63) is 23.4 Å². The highest BCUT2D eigenvalue weighted by Gasteiger charge is 2.25. The summed E-state index contributed by atoms with van der Waals surface area (Å²) in [4.78, 5) is 19.5. The Labute approximate surface area is 139 Å². The standard InChI is InChI=1S/C14H19N3O2.CH3I/c1-9-3-13(6-15-9)19-14-4-11-7-17(10(2)18)8-12(11)5-16-14;1-2/h4-5,9,13,15H,3,6-8H2,1-2H3;1H3/t9-,13+;/m0./s1. The van der Waals surface area contributed by atoms with E-state index >= 15 is 0 Å². The van der Waals surface area contributed by atoms with E-state index in [1.165, 1.54) is 0 Å². The minimum absolute atomic E-state index is 0.104. The normalized spacial score (nSPS) is 23.3. The molecule has 116 valence electrons. The molecule has 5 nitrogen and oxygen atoms in total. The molecular weight excluding hydrogens is 381 g/mol. The molecule has 0 bridgehead atoms. The SMILES string of the molecule is CC(=O)N1Cc2cnc(O[C@H]3CN[C@@H](C)C3)cc2C1.CI. The molecule has 1 N–H and O–H groups in total. The Morgan fingerprint density at radius 2 is 2.14 bits per heavy atom. The average molecular weight is 403 g/mol. The lowest BCUT2D eigenvalue weighted by Crippen LogP contribution is -2.21. The number of fused-ring (bicyclic) bond motifs is 1. The second-order valence-electron chi connectivity index (χ2n) is 5.45. The molecule has 0 spiro atoms. The summed E-state index contributed by atoms with van der Waals surface area (Å²) in [5.41, 5.74) is 2.28. The van der Waals surface area contributed by atoms with Crippen molar-refractivity contribution in [1.29, 1.82) is 0 Å². The maximum Gasteiger partial charge on any atom is 0.220 e. The second kappa shape index (κ2) is 7.40. The Balaban J connectivity index is 0.000000774. The lowest BCUT2D eigenvalue weighted by Gasteiger charge is -2.12. The molecule has 2 aliphatic rings. The molecule has 0 aliphatic carbocycles. The van der Waals surface area contributed by atoms with E-state index in [4.69, 9.17) is 4.74 Å². The van der Waals surface area contributed by atoms with Crippen LogP contribution in [0.2, 0.25) is 0 Å². The van der Waals surface area contributed by atoms with E-state index < -0.39 is 0 Å². The third-order valence-corrected chi connectivity index (χ3v) is 3.82. The zero-order valence-corrected chi connectivity index (χ0v) is 14.9. The van der Waals surface area contributed by atoms with E-state index in [1.807, 2.05) is 22.1 Å². The molecule has 1 saturated heterocycles. The van der Waals surface area contributed by atoms with Gasteiger partial charge in [-0.2, -0.15) is 0 Å². The lowest BCUT2D eigenvalue weighted by atomic mass is 10.2. The Morgan fingerprint density at radius 3 is 2.76 bits per heavy atom. The summed E-state index contributed by atoms with van der Waals surface area (Å²) >= 11 is 2.15. The van der Waals surface area contributed by atoms with Crippen LogP contribution in [0.25, 0.3) is 0 Å². The number of rotatable bonds is 2. The van der Waals surface area contributed by atoms with Gasteiger partial charge in [0.2, 0.25) is 11.8 Å². The van der Waals surface area contributed by atoms with E-state index in [9.17, 15) is 4.79 Å². The lowest BCUT2D eigenvalue weighted by molar-refractivity contribution is -0.129. The summed E-state index contributed by atoms with van der Waals surface area (Å²) in [5.74, 6) is 0.775. The number of hydrogen-bond donors (Lipinski definition) is 1. The van der Waals surface area contributed by atoms with Gasteiger partial charge in [-0.3, -0.25) is 4.79 Å². The zero-order chi connectivity index (χ0) is 15.4. The van der Waals surface area contributed by atoms with Crippen LogP contribution >= 0.6 is 22.6 Å². The molecule has 1 amide bonds. The van der Waals surface area contributed by atoms with Crippen LogP contribution in [0, 0.1) is 0 Å². The van der Waals surface area contributed by atoms with E-state index in [2.05, 4.69) is 39.8 Å². The number of carbonyl (C=O) groups is 1. The zero-order valence-electron chi connectivity index (χ0n) is 12.7.